The lowest BCUT2D eigenvalue weighted by molar-refractivity contribution is 0.0698. The van der Waals surface area contributed by atoms with Crippen molar-refractivity contribution >= 4 is 16.9 Å². The molecule has 90 valence electrons. The van der Waals surface area contributed by atoms with E-state index in [4.69, 9.17) is 9.84 Å². The Morgan fingerprint density at radius 2 is 2.18 bits per heavy atom. The Morgan fingerprint density at radius 3 is 2.71 bits per heavy atom. The summed E-state index contributed by atoms with van der Waals surface area (Å²) in [5.74, 6) is -0.747. The standard InChI is InChI=1S/C12H13NO4/c1-3-7-9(12(15)16)6-4-5-8(17-2)11(14)10(6)13-7/h4-5,13-14H,3H2,1-2H3,(H,15,16). The molecule has 1 heterocycles. The number of carbonyl (C=O) groups is 1. The Balaban J connectivity index is 2.82. The molecule has 0 amide bonds. The second-order valence-corrected chi connectivity index (χ2v) is 3.68. The first-order valence-electron chi connectivity index (χ1n) is 5.24. The van der Waals surface area contributed by atoms with E-state index in [9.17, 15) is 9.90 Å². The van der Waals surface area contributed by atoms with Crippen LogP contribution in [0, 0.1) is 0 Å². The number of methoxy groups -OCH3 is 1. The highest BCUT2D eigenvalue weighted by atomic mass is 16.5. The molecule has 0 atom stereocenters. The molecule has 1 aromatic heterocycles. The van der Waals surface area contributed by atoms with Gasteiger partial charge in [0.25, 0.3) is 0 Å². The summed E-state index contributed by atoms with van der Waals surface area (Å²) in [6.07, 6.45) is 0.554. The maximum absolute atomic E-state index is 11.2. The van der Waals surface area contributed by atoms with Crippen LogP contribution >= 0.6 is 0 Å². The molecule has 0 saturated heterocycles. The Morgan fingerprint density at radius 1 is 1.47 bits per heavy atom. The third kappa shape index (κ3) is 1.60. The molecular weight excluding hydrogens is 222 g/mol. The van der Waals surface area contributed by atoms with Gasteiger partial charge in [-0.05, 0) is 18.6 Å². The van der Waals surface area contributed by atoms with E-state index in [2.05, 4.69) is 4.98 Å². The Kier molecular flexibility index (Phi) is 2.67. The third-order valence-electron chi connectivity index (χ3n) is 2.78. The van der Waals surface area contributed by atoms with Crippen LogP contribution in [0.1, 0.15) is 23.0 Å². The van der Waals surface area contributed by atoms with Crippen LogP contribution in [0.4, 0.5) is 0 Å². The number of aryl methyl sites for hydroxylation is 1. The number of phenolic OH excluding ortho intramolecular Hbond substituents is 1. The van der Waals surface area contributed by atoms with Crippen molar-refractivity contribution in [3.8, 4) is 11.5 Å². The highest BCUT2D eigenvalue weighted by Crippen LogP contribution is 2.36. The number of aromatic hydroxyl groups is 1. The van der Waals surface area contributed by atoms with Crippen molar-refractivity contribution in [1.29, 1.82) is 0 Å². The normalized spacial score (nSPS) is 10.7. The van der Waals surface area contributed by atoms with Gasteiger partial charge in [0.15, 0.2) is 11.5 Å². The lowest BCUT2D eigenvalue weighted by Gasteiger charge is -2.03. The molecular formula is C12H13NO4. The summed E-state index contributed by atoms with van der Waals surface area (Å²) in [5, 5.41) is 19.6. The minimum Gasteiger partial charge on any atom is -0.503 e. The van der Waals surface area contributed by atoms with Gasteiger partial charge in [0, 0.05) is 11.1 Å². The van der Waals surface area contributed by atoms with E-state index >= 15 is 0 Å². The molecule has 0 bridgehead atoms. The van der Waals surface area contributed by atoms with E-state index in [1.165, 1.54) is 7.11 Å². The van der Waals surface area contributed by atoms with Crippen LogP contribution in [0.5, 0.6) is 11.5 Å². The van der Waals surface area contributed by atoms with Crippen molar-refractivity contribution in [2.45, 2.75) is 13.3 Å². The number of H-pyrrole nitrogens is 1. The van der Waals surface area contributed by atoms with Gasteiger partial charge >= 0.3 is 5.97 Å². The molecule has 5 heteroatoms. The number of carboxylic acid groups (broad SMARTS) is 1. The molecule has 0 aliphatic heterocycles. The molecule has 0 unspecified atom stereocenters. The molecule has 0 radical (unpaired) electrons. The van der Waals surface area contributed by atoms with Gasteiger partial charge in [-0.2, -0.15) is 0 Å². The first kappa shape index (κ1) is 11.3. The van der Waals surface area contributed by atoms with Crippen molar-refractivity contribution in [1.82, 2.24) is 4.98 Å². The third-order valence-corrected chi connectivity index (χ3v) is 2.78. The number of carboxylic acids is 1. The number of ether oxygens (including phenoxy) is 1. The Labute approximate surface area is 97.6 Å². The number of aromatic carboxylic acids is 1. The highest BCUT2D eigenvalue weighted by molar-refractivity contribution is 6.06. The van der Waals surface area contributed by atoms with Gasteiger partial charge in [0.2, 0.25) is 0 Å². The number of phenols is 1. The topological polar surface area (TPSA) is 82.5 Å². The van der Waals surface area contributed by atoms with E-state index in [0.717, 1.165) is 0 Å². The Hall–Kier alpha value is -2.17. The zero-order valence-corrected chi connectivity index (χ0v) is 9.57. The van der Waals surface area contributed by atoms with Gasteiger partial charge in [-0.15, -0.1) is 0 Å². The lowest BCUT2D eigenvalue weighted by Crippen LogP contribution is -1.99. The van der Waals surface area contributed by atoms with E-state index in [1.807, 2.05) is 6.92 Å². The average molecular weight is 235 g/mol. The minimum atomic E-state index is -1.00. The molecule has 17 heavy (non-hydrogen) atoms. The van der Waals surface area contributed by atoms with Gasteiger partial charge in [0.1, 0.15) is 0 Å². The summed E-state index contributed by atoms with van der Waals surface area (Å²) >= 11 is 0. The van der Waals surface area contributed by atoms with Crippen LogP contribution in [-0.4, -0.2) is 28.3 Å². The van der Waals surface area contributed by atoms with Crippen LogP contribution in [0.3, 0.4) is 0 Å². The van der Waals surface area contributed by atoms with Crippen LogP contribution in [0.25, 0.3) is 10.9 Å². The average Bonchev–Trinajstić information content (AvgIpc) is 2.69. The number of rotatable bonds is 3. The maximum atomic E-state index is 11.2. The molecule has 0 spiro atoms. The predicted molar refractivity (Wildman–Crippen MR) is 62.9 cm³/mol. The molecule has 0 aliphatic carbocycles. The van der Waals surface area contributed by atoms with Crippen molar-refractivity contribution in [3.05, 3.63) is 23.4 Å². The minimum absolute atomic E-state index is 0.0628. The summed E-state index contributed by atoms with van der Waals surface area (Å²) in [6, 6.07) is 3.18. The quantitative estimate of drug-likeness (QED) is 0.761. The molecule has 2 rings (SSSR count). The van der Waals surface area contributed by atoms with Gasteiger partial charge in [-0.3, -0.25) is 0 Å². The number of aromatic amines is 1. The number of hydrogen-bond donors (Lipinski definition) is 3. The first-order chi connectivity index (χ1) is 8.10. The smallest absolute Gasteiger partial charge is 0.338 e. The molecule has 0 aliphatic rings. The number of fused-ring (bicyclic) bond motifs is 1. The first-order valence-corrected chi connectivity index (χ1v) is 5.24. The van der Waals surface area contributed by atoms with E-state index in [-0.39, 0.29) is 11.3 Å². The van der Waals surface area contributed by atoms with Crippen molar-refractivity contribution in [2.75, 3.05) is 7.11 Å². The van der Waals surface area contributed by atoms with Gasteiger partial charge in [-0.1, -0.05) is 6.92 Å². The second-order valence-electron chi connectivity index (χ2n) is 3.68. The molecule has 1 aromatic carbocycles. The monoisotopic (exact) mass is 235 g/mol. The number of nitrogens with one attached hydrogen (secondary N) is 1. The van der Waals surface area contributed by atoms with Gasteiger partial charge in [-0.25, -0.2) is 4.79 Å². The summed E-state index contributed by atoms with van der Waals surface area (Å²) in [6.45, 7) is 1.85. The van der Waals surface area contributed by atoms with E-state index in [1.54, 1.807) is 12.1 Å². The summed E-state index contributed by atoms with van der Waals surface area (Å²) in [4.78, 5) is 14.1. The molecule has 0 fully saturated rings. The molecule has 0 saturated carbocycles. The molecule has 3 N–H and O–H groups in total. The van der Waals surface area contributed by atoms with Crippen LogP contribution in [0.2, 0.25) is 0 Å². The van der Waals surface area contributed by atoms with E-state index < -0.39 is 5.97 Å². The fourth-order valence-corrected chi connectivity index (χ4v) is 1.96. The number of aromatic nitrogens is 1. The largest absolute Gasteiger partial charge is 0.503 e. The van der Waals surface area contributed by atoms with Crippen LogP contribution < -0.4 is 4.74 Å². The predicted octanol–water partition coefficient (Wildman–Crippen LogP) is 2.14. The number of hydrogen-bond acceptors (Lipinski definition) is 3. The highest BCUT2D eigenvalue weighted by Gasteiger charge is 2.19. The summed E-state index contributed by atoms with van der Waals surface area (Å²) in [7, 11) is 1.45. The van der Waals surface area contributed by atoms with Gasteiger partial charge < -0.3 is 19.9 Å². The van der Waals surface area contributed by atoms with E-state index in [0.29, 0.717) is 28.8 Å². The Bertz CT molecular complexity index is 586. The lowest BCUT2D eigenvalue weighted by atomic mass is 10.1. The maximum Gasteiger partial charge on any atom is 0.338 e. The van der Waals surface area contributed by atoms with Crippen LogP contribution in [-0.2, 0) is 6.42 Å². The fourth-order valence-electron chi connectivity index (χ4n) is 1.96. The van der Waals surface area contributed by atoms with Crippen molar-refractivity contribution in [3.63, 3.8) is 0 Å². The summed E-state index contributed by atoms with van der Waals surface area (Å²) < 4.78 is 4.98. The SMILES string of the molecule is CCc1[nH]c2c(O)c(OC)ccc2c1C(=O)O. The zero-order valence-electron chi connectivity index (χ0n) is 9.57. The van der Waals surface area contributed by atoms with Crippen molar-refractivity contribution < 1.29 is 19.7 Å². The zero-order chi connectivity index (χ0) is 12.6. The van der Waals surface area contributed by atoms with Crippen molar-refractivity contribution in [2.24, 2.45) is 0 Å². The molecule has 2 aromatic rings. The fraction of sp³-hybridized carbons (Fsp3) is 0.250. The number of benzene rings is 1. The second kappa shape index (κ2) is 4.01. The summed E-state index contributed by atoms with van der Waals surface area (Å²) in [5.41, 5.74) is 1.20. The van der Waals surface area contributed by atoms with Crippen LogP contribution in [0.15, 0.2) is 12.1 Å². The van der Waals surface area contributed by atoms with Gasteiger partial charge in [0.05, 0.1) is 18.2 Å². The molecule has 5 nitrogen and oxygen atoms in total.